The molecule has 0 aliphatic carbocycles. The van der Waals surface area contributed by atoms with Gasteiger partial charge in [0.25, 0.3) is 0 Å². The van der Waals surface area contributed by atoms with Crippen molar-refractivity contribution in [3.63, 3.8) is 0 Å². The smallest absolute Gasteiger partial charge is 0.343 e. The summed E-state index contributed by atoms with van der Waals surface area (Å²) in [7, 11) is 0. The Morgan fingerprint density at radius 3 is 1.78 bits per heavy atom. The lowest BCUT2D eigenvalue weighted by Gasteiger charge is -2.17. The van der Waals surface area contributed by atoms with Crippen LogP contribution in [0, 0.1) is 0 Å². The predicted octanol–water partition coefficient (Wildman–Crippen LogP) is 6.81. The Kier molecular flexibility index (Phi) is 8.61. The molecule has 0 bridgehead atoms. The van der Waals surface area contributed by atoms with Crippen LogP contribution >= 0.6 is 0 Å². The molecule has 0 saturated heterocycles. The molecule has 0 unspecified atom stereocenters. The first-order valence-corrected chi connectivity index (χ1v) is 11.3. The minimum atomic E-state index is -0.475. The highest BCUT2D eigenvalue weighted by atomic mass is 16.6. The Bertz CT molecular complexity index is 1030. The largest absolute Gasteiger partial charge is 0.419 e. The summed E-state index contributed by atoms with van der Waals surface area (Å²) >= 11 is 0. The van der Waals surface area contributed by atoms with E-state index in [9.17, 15) is 9.59 Å². The average molecular weight is 431 g/mol. The highest BCUT2D eigenvalue weighted by molar-refractivity contribution is 5.93. The number of esters is 2. The van der Waals surface area contributed by atoms with Crippen LogP contribution in [-0.4, -0.2) is 11.9 Å². The molecule has 0 aliphatic rings. The summed E-state index contributed by atoms with van der Waals surface area (Å²) in [6, 6.07) is 21.6. The van der Waals surface area contributed by atoms with Crippen LogP contribution in [0.5, 0.6) is 11.5 Å². The number of hydrogen-bond donors (Lipinski definition) is 0. The summed E-state index contributed by atoms with van der Waals surface area (Å²) in [6.45, 7) is 4.26. The molecule has 0 atom stereocenters. The first-order chi connectivity index (χ1) is 15.6. The van der Waals surface area contributed by atoms with Gasteiger partial charge in [-0.05, 0) is 67.1 Å². The van der Waals surface area contributed by atoms with Gasteiger partial charge in [-0.1, -0.05) is 69.2 Å². The summed E-state index contributed by atoms with van der Waals surface area (Å²) in [5.74, 6) is -0.321. The molecule has 32 heavy (non-hydrogen) atoms. The Labute approximate surface area is 190 Å². The minimum absolute atomic E-state index is 0.294. The van der Waals surface area contributed by atoms with E-state index < -0.39 is 11.9 Å². The summed E-state index contributed by atoms with van der Waals surface area (Å²) < 4.78 is 11.6. The Balaban J connectivity index is 2.00. The third-order valence-electron chi connectivity index (χ3n) is 5.23. The minimum Gasteiger partial charge on any atom is -0.419 e. The van der Waals surface area contributed by atoms with Crippen LogP contribution in [-0.2, 0) is 12.8 Å². The van der Waals surface area contributed by atoms with Gasteiger partial charge >= 0.3 is 11.9 Å². The van der Waals surface area contributed by atoms with Crippen molar-refractivity contribution >= 4 is 11.9 Å². The van der Waals surface area contributed by atoms with Gasteiger partial charge in [0.05, 0.1) is 11.1 Å². The topological polar surface area (TPSA) is 52.6 Å². The van der Waals surface area contributed by atoms with Gasteiger partial charge in [0.1, 0.15) is 0 Å². The molecule has 0 amide bonds. The van der Waals surface area contributed by atoms with Gasteiger partial charge in [-0.2, -0.15) is 0 Å². The van der Waals surface area contributed by atoms with E-state index in [0.29, 0.717) is 22.6 Å². The summed E-state index contributed by atoms with van der Waals surface area (Å²) in [5, 5.41) is 0. The van der Waals surface area contributed by atoms with Gasteiger partial charge in [0.2, 0.25) is 0 Å². The van der Waals surface area contributed by atoms with Crippen LogP contribution < -0.4 is 9.47 Å². The van der Waals surface area contributed by atoms with Crippen molar-refractivity contribution in [2.75, 3.05) is 0 Å². The quantitative estimate of drug-likeness (QED) is 0.262. The molecule has 0 radical (unpaired) electrons. The molecule has 0 saturated carbocycles. The van der Waals surface area contributed by atoms with Crippen molar-refractivity contribution in [3.05, 3.63) is 95.1 Å². The van der Waals surface area contributed by atoms with Crippen LogP contribution in [0.15, 0.2) is 72.8 Å². The molecule has 166 valence electrons. The van der Waals surface area contributed by atoms with Crippen LogP contribution in [0.2, 0.25) is 0 Å². The fraction of sp³-hybridized carbons (Fsp3) is 0.286. The van der Waals surface area contributed by atoms with Gasteiger partial charge in [0.15, 0.2) is 11.5 Å². The molecular weight excluding hydrogens is 400 g/mol. The lowest BCUT2D eigenvalue weighted by atomic mass is 10.00. The second-order valence-electron chi connectivity index (χ2n) is 7.80. The molecule has 4 heteroatoms. The third kappa shape index (κ3) is 6.30. The van der Waals surface area contributed by atoms with Crippen molar-refractivity contribution in [1.29, 1.82) is 0 Å². The van der Waals surface area contributed by atoms with Gasteiger partial charge in [-0.3, -0.25) is 0 Å². The fourth-order valence-corrected chi connectivity index (χ4v) is 3.45. The maximum atomic E-state index is 12.8. The Morgan fingerprint density at radius 1 is 0.688 bits per heavy atom. The van der Waals surface area contributed by atoms with Crippen molar-refractivity contribution < 1.29 is 19.1 Å². The zero-order valence-electron chi connectivity index (χ0n) is 18.8. The molecule has 0 N–H and O–H groups in total. The number of hydrogen-bond acceptors (Lipinski definition) is 4. The summed E-state index contributed by atoms with van der Waals surface area (Å²) in [6.07, 6.45) is 5.66. The van der Waals surface area contributed by atoms with E-state index in [2.05, 4.69) is 19.9 Å². The van der Waals surface area contributed by atoms with Crippen molar-refractivity contribution in [2.45, 2.75) is 52.4 Å². The number of ether oxygens (including phenoxy) is 2. The maximum absolute atomic E-state index is 12.8. The van der Waals surface area contributed by atoms with Crippen molar-refractivity contribution in [3.8, 4) is 11.5 Å². The number of aryl methyl sites for hydroxylation is 2. The van der Waals surface area contributed by atoms with E-state index in [1.807, 2.05) is 18.2 Å². The zero-order chi connectivity index (χ0) is 22.8. The number of unbranched alkanes of at least 4 members (excludes halogenated alkanes) is 2. The number of rotatable bonds is 10. The molecule has 3 rings (SSSR count). The van der Waals surface area contributed by atoms with Gasteiger partial charge in [-0.15, -0.1) is 0 Å². The molecule has 3 aromatic rings. The van der Waals surface area contributed by atoms with E-state index in [1.165, 1.54) is 0 Å². The number of carbonyl (C=O) groups excluding carboxylic acids is 2. The lowest BCUT2D eigenvalue weighted by molar-refractivity contribution is 0.0681. The number of benzene rings is 3. The maximum Gasteiger partial charge on any atom is 0.343 e. The van der Waals surface area contributed by atoms with E-state index in [4.69, 9.17) is 9.47 Å². The first kappa shape index (κ1) is 23.3. The Hall–Kier alpha value is -3.40. The predicted molar refractivity (Wildman–Crippen MR) is 126 cm³/mol. The molecule has 0 spiro atoms. The third-order valence-corrected chi connectivity index (χ3v) is 5.23. The first-order valence-electron chi connectivity index (χ1n) is 11.3. The second-order valence-corrected chi connectivity index (χ2v) is 7.80. The summed E-state index contributed by atoms with van der Waals surface area (Å²) in [5.41, 5.74) is 2.86. The van der Waals surface area contributed by atoms with Gasteiger partial charge in [-0.25, -0.2) is 9.59 Å². The van der Waals surface area contributed by atoms with Crippen LogP contribution in [0.1, 0.15) is 71.4 Å². The molecule has 3 aromatic carbocycles. The van der Waals surface area contributed by atoms with E-state index in [1.54, 1.807) is 48.5 Å². The fourth-order valence-electron chi connectivity index (χ4n) is 3.45. The highest BCUT2D eigenvalue weighted by Crippen LogP contribution is 2.36. The Morgan fingerprint density at radius 2 is 1.22 bits per heavy atom. The lowest BCUT2D eigenvalue weighted by Crippen LogP contribution is -2.14. The molecular formula is C28H30O4. The van der Waals surface area contributed by atoms with E-state index >= 15 is 0 Å². The molecule has 0 fully saturated rings. The zero-order valence-corrected chi connectivity index (χ0v) is 18.8. The second kappa shape index (κ2) is 11.8. The number of carbonyl (C=O) groups is 2. The average Bonchev–Trinajstić information content (AvgIpc) is 2.83. The standard InChI is InChI=1S/C28H30O4/c1-3-5-13-21-19-24(14-6-4-2)26(32-28(30)23-17-11-8-12-18-23)25(20-21)31-27(29)22-15-9-7-10-16-22/h7-12,15-20H,3-6,13-14H2,1-2H3. The molecule has 0 heterocycles. The normalized spacial score (nSPS) is 10.6. The van der Waals surface area contributed by atoms with Crippen molar-refractivity contribution in [1.82, 2.24) is 0 Å². The summed E-state index contributed by atoms with van der Waals surface area (Å²) in [4.78, 5) is 25.7. The highest BCUT2D eigenvalue weighted by Gasteiger charge is 2.21. The van der Waals surface area contributed by atoms with Crippen molar-refractivity contribution in [2.24, 2.45) is 0 Å². The monoisotopic (exact) mass is 430 g/mol. The van der Waals surface area contributed by atoms with Crippen LogP contribution in [0.3, 0.4) is 0 Å². The molecule has 0 aliphatic heterocycles. The van der Waals surface area contributed by atoms with Gasteiger partial charge in [0, 0.05) is 0 Å². The van der Waals surface area contributed by atoms with E-state index in [0.717, 1.165) is 49.7 Å². The SMILES string of the molecule is CCCCc1cc(CCCC)c(OC(=O)c2ccccc2)c(OC(=O)c2ccccc2)c1. The molecule has 4 nitrogen and oxygen atoms in total. The van der Waals surface area contributed by atoms with Gasteiger partial charge < -0.3 is 9.47 Å². The molecule has 0 aromatic heterocycles. The van der Waals surface area contributed by atoms with E-state index in [-0.39, 0.29) is 0 Å². The van der Waals surface area contributed by atoms with Crippen LogP contribution in [0.4, 0.5) is 0 Å². The van der Waals surface area contributed by atoms with Crippen LogP contribution in [0.25, 0.3) is 0 Å².